The lowest BCUT2D eigenvalue weighted by Gasteiger charge is -2.35. The van der Waals surface area contributed by atoms with Gasteiger partial charge < -0.3 is 4.43 Å². The summed E-state index contributed by atoms with van der Waals surface area (Å²) in [6.07, 6.45) is 0. The molecule has 0 heterocycles. The van der Waals surface area contributed by atoms with Crippen molar-refractivity contribution < 1.29 is 9.22 Å². The largest absolute Gasteiger partial charge is 0.516 e. The molecule has 0 radical (unpaired) electrons. The number of carbonyl (C=O) groups is 1. The zero-order valence-electron chi connectivity index (χ0n) is 13.9. The van der Waals surface area contributed by atoms with Crippen molar-refractivity contribution in [2.24, 2.45) is 17.8 Å². The van der Waals surface area contributed by atoms with Crippen LogP contribution in [0, 0.1) is 17.8 Å². The lowest BCUT2D eigenvalue weighted by atomic mass is 10.2. The molecule has 0 aromatic carbocycles. The molecule has 0 amide bonds. The normalized spacial score (nSPS) is 12.3. The molecule has 0 bridgehead atoms. The average Bonchev–Trinajstić information content (AvgIpc) is 2.12. The van der Waals surface area contributed by atoms with Gasteiger partial charge in [0.05, 0.1) is 0 Å². The molecule has 0 aromatic rings. The lowest BCUT2D eigenvalue weighted by Crippen LogP contribution is -2.44. The molecule has 19 heavy (non-hydrogen) atoms. The third kappa shape index (κ3) is 7.56. The molecule has 0 aliphatic rings. The van der Waals surface area contributed by atoms with Gasteiger partial charge in [-0.1, -0.05) is 48.1 Å². The van der Waals surface area contributed by atoms with Gasteiger partial charge in [0.15, 0.2) is 0 Å². The number of hydrogen-bond donors (Lipinski definition) is 0. The van der Waals surface area contributed by atoms with E-state index in [4.69, 9.17) is 4.43 Å². The summed E-state index contributed by atoms with van der Waals surface area (Å²) in [5.41, 5.74) is 0.521. The maximum atomic E-state index is 12.0. The quantitative estimate of drug-likeness (QED) is 0.462. The molecule has 0 spiro atoms. The summed E-state index contributed by atoms with van der Waals surface area (Å²) >= 11 is 0. The van der Waals surface area contributed by atoms with Crippen LogP contribution in [0.2, 0.25) is 18.1 Å². The van der Waals surface area contributed by atoms with Crippen molar-refractivity contribution in [3.63, 3.8) is 0 Å². The van der Waals surface area contributed by atoms with Crippen molar-refractivity contribution in [3.8, 4) is 0 Å². The highest BCUT2D eigenvalue weighted by Crippen LogP contribution is 2.33. The van der Waals surface area contributed by atoms with E-state index >= 15 is 0 Å². The second-order valence-electron chi connectivity index (χ2n) is 7.15. The van der Waals surface area contributed by atoms with Crippen molar-refractivity contribution >= 4 is 14.3 Å². The van der Waals surface area contributed by atoms with E-state index in [1.807, 2.05) is 0 Å². The Morgan fingerprint density at radius 1 is 0.947 bits per heavy atom. The molecule has 2 nitrogen and oxygen atoms in total. The van der Waals surface area contributed by atoms with E-state index in [1.165, 1.54) is 0 Å². The first-order valence-corrected chi connectivity index (χ1v) is 10.00. The predicted molar refractivity (Wildman–Crippen MR) is 85.6 cm³/mol. The zero-order valence-corrected chi connectivity index (χ0v) is 14.9. The average molecular weight is 285 g/mol. The summed E-state index contributed by atoms with van der Waals surface area (Å²) in [6, 6.07) is 3.17. The molecule has 3 heteroatoms. The minimum absolute atomic E-state index is 0.186. The van der Waals surface area contributed by atoms with Crippen molar-refractivity contribution in [2.75, 3.05) is 0 Å². The van der Waals surface area contributed by atoms with Gasteiger partial charge in [-0.15, -0.1) is 0 Å². The zero-order chi connectivity index (χ0) is 15.2. The van der Waals surface area contributed by atoms with Crippen LogP contribution in [0.1, 0.15) is 48.5 Å². The van der Waals surface area contributed by atoms with Gasteiger partial charge in [0.25, 0.3) is 8.32 Å². The van der Waals surface area contributed by atoms with E-state index in [1.54, 1.807) is 6.92 Å². The summed E-state index contributed by atoms with van der Waals surface area (Å²) < 4.78 is 6.03. The fourth-order valence-electron chi connectivity index (χ4n) is 2.89. The van der Waals surface area contributed by atoms with Crippen LogP contribution in [0.25, 0.3) is 0 Å². The standard InChI is InChI=1S/C16H32O2Si/c1-12(2)9-19(10-13(3)4,11-14(5)6)18-16(17)15(7)8/h12-14H,7,9-11H2,1-6,8H3. The van der Waals surface area contributed by atoms with Crippen LogP contribution in [0.4, 0.5) is 0 Å². The molecule has 0 fully saturated rings. The summed E-state index contributed by atoms with van der Waals surface area (Å²) in [7, 11) is -2.02. The van der Waals surface area contributed by atoms with Gasteiger partial charge in [0.2, 0.25) is 0 Å². The first-order chi connectivity index (χ1) is 8.58. The molecule has 0 aromatic heterocycles. The second kappa shape index (κ2) is 7.88. The van der Waals surface area contributed by atoms with Crippen LogP contribution >= 0.6 is 0 Å². The van der Waals surface area contributed by atoms with Gasteiger partial charge in [-0.05, 0) is 42.8 Å². The van der Waals surface area contributed by atoms with E-state index < -0.39 is 8.32 Å². The third-order valence-electron chi connectivity index (χ3n) is 3.00. The minimum Gasteiger partial charge on any atom is -0.516 e. The molecule has 0 saturated heterocycles. The van der Waals surface area contributed by atoms with Crippen LogP contribution in [0.5, 0.6) is 0 Å². The van der Waals surface area contributed by atoms with E-state index in [2.05, 4.69) is 48.1 Å². The van der Waals surface area contributed by atoms with E-state index in [0.717, 1.165) is 18.1 Å². The first-order valence-electron chi connectivity index (χ1n) is 7.47. The van der Waals surface area contributed by atoms with Gasteiger partial charge in [-0.3, -0.25) is 0 Å². The second-order valence-corrected chi connectivity index (χ2v) is 10.9. The maximum Gasteiger partial charge on any atom is 0.319 e. The van der Waals surface area contributed by atoms with Crippen molar-refractivity contribution in [1.29, 1.82) is 0 Å². The number of hydrogen-bond acceptors (Lipinski definition) is 2. The Morgan fingerprint density at radius 2 is 1.26 bits per heavy atom. The Balaban J connectivity index is 5.20. The molecular formula is C16H32O2Si. The lowest BCUT2D eigenvalue weighted by molar-refractivity contribution is -0.131. The van der Waals surface area contributed by atoms with Gasteiger partial charge in [-0.2, -0.15) is 0 Å². The molecule has 0 N–H and O–H groups in total. The highest BCUT2D eigenvalue weighted by Gasteiger charge is 2.40. The Hall–Kier alpha value is -0.573. The fourth-order valence-corrected chi connectivity index (χ4v) is 8.67. The van der Waals surface area contributed by atoms with Crippen LogP contribution < -0.4 is 0 Å². The topological polar surface area (TPSA) is 26.3 Å². The summed E-state index contributed by atoms with van der Waals surface area (Å²) in [4.78, 5) is 12.0. The Morgan fingerprint density at radius 3 is 1.47 bits per heavy atom. The van der Waals surface area contributed by atoms with Gasteiger partial charge in [-0.25, -0.2) is 4.79 Å². The molecular weight excluding hydrogens is 252 g/mol. The van der Waals surface area contributed by atoms with Gasteiger partial charge in [0, 0.05) is 5.57 Å². The van der Waals surface area contributed by atoms with Crippen molar-refractivity contribution in [2.45, 2.75) is 66.6 Å². The van der Waals surface area contributed by atoms with Gasteiger partial charge >= 0.3 is 5.97 Å². The van der Waals surface area contributed by atoms with Crippen molar-refractivity contribution in [1.82, 2.24) is 0 Å². The number of carbonyl (C=O) groups excluding carboxylic acids is 1. The molecule has 0 saturated carbocycles. The fraction of sp³-hybridized carbons (Fsp3) is 0.812. The Bertz CT molecular complexity index is 279. The van der Waals surface area contributed by atoms with Crippen LogP contribution in [0.3, 0.4) is 0 Å². The molecule has 0 aliphatic heterocycles. The highest BCUT2D eigenvalue weighted by molar-refractivity contribution is 6.75. The highest BCUT2D eigenvalue weighted by atomic mass is 28.4. The van der Waals surface area contributed by atoms with Crippen LogP contribution in [-0.2, 0) is 9.22 Å². The van der Waals surface area contributed by atoms with E-state index in [0.29, 0.717) is 23.3 Å². The molecule has 112 valence electrons. The first kappa shape index (κ1) is 18.4. The predicted octanol–water partition coefficient (Wildman–Crippen LogP) is 5.02. The Kier molecular flexibility index (Phi) is 7.64. The molecule has 0 aliphatic carbocycles. The number of rotatable bonds is 8. The summed E-state index contributed by atoms with van der Waals surface area (Å²) in [5.74, 6) is 1.53. The summed E-state index contributed by atoms with van der Waals surface area (Å²) in [6.45, 7) is 18.8. The van der Waals surface area contributed by atoms with Crippen LogP contribution in [0.15, 0.2) is 12.2 Å². The van der Waals surface area contributed by atoms with E-state index in [9.17, 15) is 4.79 Å². The smallest absolute Gasteiger partial charge is 0.319 e. The molecule has 0 atom stereocenters. The van der Waals surface area contributed by atoms with Crippen molar-refractivity contribution in [3.05, 3.63) is 12.2 Å². The molecule has 0 rings (SSSR count). The maximum absolute atomic E-state index is 12.0. The SMILES string of the molecule is C=C(C)C(=O)O[Si](CC(C)C)(CC(C)C)CC(C)C. The minimum atomic E-state index is -2.02. The van der Waals surface area contributed by atoms with Gasteiger partial charge in [0.1, 0.15) is 0 Å². The monoisotopic (exact) mass is 284 g/mol. The third-order valence-corrected chi connectivity index (χ3v) is 8.30. The summed E-state index contributed by atoms with van der Waals surface area (Å²) in [5, 5.41) is 0. The Labute approximate surface area is 120 Å². The van der Waals surface area contributed by atoms with E-state index in [-0.39, 0.29) is 5.97 Å². The molecule has 0 unspecified atom stereocenters. The van der Waals surface area contributed by atoms with Crippen LogP contribution in [-0.4, -0.2) is 14.3 Å².